The first-order chi connectivity index (χ1) is 8.56. The second-order valence-corrected chi connectivity index (χ2v) is 3.98. The summed E-state index contributed by atoms with van der Waals surface area (Å²) in [4.78, 5) is 26.3. The van der Waals surface area contributed by atoms with Crippen molar-refractivity contribution in [1.82, 2.24) is 9.55 Å². The maximum absolute atomic E-state index is 11.6. The number of carbonyl (C=O) groups is 1. The van der Waals surface area contributed by atoms with Crippen molar-refractivity contribution in [2.75, 3.05) is 0 Å². The molecule has 1 N–H and O–H groups in total. The largest absolute Gasteiger partial charge is 0.478 e. The summed E-state index contributed by atoms with van der Waals surface area (Å²) in [6.45, 7) is 2.06. The number of aryl methyl sites for hydroxylation is 1. The van der Waals surface area contributed by atoms with E-state index in [0.29, 0.717) is 12.2 Å². The Morgan fingerprint density at radius 3 is 2.83 bits per heavy atom. The number of rotatable bonds is 3. The van der Waals surface area contributed by atoms with Crippen molar-refractivity contribution in [2.24, 2.45) is 0 Å². The number of hydrogen-bond donors (Lipinski definition) is 1. The smallest absolute Gasteiger partial charge is 0.348 e. The summed E-state index contributed by atoms with van der Waals surface area (Å²) in [5.41, 5.74) is 1.29. The van der Waals surface area contributed by atoms with Crippen LogP contribution in [0.15, 0.2) is 41.3 Å². The van der Waals surface area contributed by atoms with Gasteiger partial charge in [-0.1, -0.05) is 12.1 Å². The molecule has 0 unspecified atom stereocenters. The molecule has 1 aromatic carbocycles. The Morgan fingerprint density at radius 2 is 2.17 bits per heavy atom. The Bertz CT molecular complexity index is 647. The molecule has 18 heavy (non-hydrogen) atoms. The van der Waals surface area contributed by atoms with E-state index in [0.717, 1.165) is 5.56 Å². The average molecular weight is 244 g/mol. The van der Waals surface area contributed by atoms with E-state index in [4.69, 9.17) is 5.11 Å². The van der Waals surface area contributed by atoms with Crippen molar-refractivity contribution in [3.8, 4) is 0 Å². The van der Waals surface area contributed by atoms with Crippen LogP contribution in [0.4, 0.5) is 0 Å². The number of nitrogens with zero attached hydrogens (tertiary/aromatic N) is 2. The predicted octanol–water partition coefficient (Wildman–Crippen LogP) is 1.30. The first-order valence-electron chi connectivity index (χ1n) is 5.42. The van der Waals surface area contributed by atoms with Crippen molar-refractivity contribution in [1.29, 1.82) is 0 Å². The van der Waals surface area contributed by atoms with Crippen LogP contribution >= 0.6 is 0 Å². The lowest BCUT2D eigenvalue weighted by molar-refractivity contribution is 0.0696. The molecule has 0 aliphatic heterocycles. The van der Waals surface area contributed by atoms with Crippen LogP contribution in [0.2, 0.25) is 0 Å². The highest BCUT2D eigenvalue weighted by Gasteiger charge is 2.04. The van der Waals surface area contributed by atoms with E-state index >= 15 is 0 Å². The Morgan fingerprint density at radius 1 is 1.39 bits per heavy atom. The molecule has 0 fully saturated rings. The number of aromatic nitrogens is 2. The molecule has 0 spiro atoms. The van der Waals surface area contributed by atoms with Crippen molar-refractivity contribution < 1.29 is 9.90 Å². The van der Waals surface area contributed by atoms with Gasteiger partial charge in [0, 0.05) is 11.9 Å². The number of aromatic carboxylic acids is 1. The molecule has 0 amide bonds. The molecule has 0 aliphatic carbocycles. The minimum atomic E-state index is -0.980. The van der Waals surface area contributed by atoms with Gasteiger partial charge < -0.3 is 5.11 Å². The van der Waals surface area contributed by atoms with Crippen LogP contribution in [0.1, 0.15) is 21.6 Å². The van der Waals surface area contributed by atoms with Gasteiger partial charge in [0.1, 0.15) is 0 Å². The third-order valence-corrected chi connectivity index (χ3v) is 2.54. The van der Waals surface area contributed by atoms with Gasteiger partial charge in [-0.3, -0.25) is 4.57 Å². The molecule has 2 rings (SSSR count). The van der Waals surface area contributed by atoms with E-state index in [1.165, 1.54) is 10.6 Å². The molecule has 0 atom stereocenters. The van der Waals surface area contributed by atoms with Gasteiger partial charge >= 0.3 is 11.7 Å². The summed E-state index contributed by atoms with van der Waals surface area (Å²) in [6, 6.07) is 8.24. The van der Waals surface area contributed by atoms with E-state index in [1.54, 1.807) is 37.4 Å². The van der Waals surface area contributed by atoms with E-state index < -0.39 is 5.97 Å². The van der Waals surface area contributed by atoms with Crippen LogP contribution in [0, 0.1) is 6.92 Å². The van der Waals surface area contributed by atoms with Crippen LogP contribution in [0.3, 0.4) is 0 Å². The van der Waals surface area contributed by atoms with Crippen LogP contribution in [0.5, 0.6) is 0 Å². The highest BCUT2D eigenvalue weighted by molar-refractivity contribution is 5.87. The van der Waals surface area contributed by atoms with Crippen molar-refractivity contribution >= 4 is 5.97 Å². The highest BCUT2D eigenvalue weighted by Crippen LogP contribution is 2.06. The Hall–Kier alpha value is -2.43. The fraction of sp³-hybridized carbons (Fsp3) is 0.154. The Labute approximate surface area is 103 Å². The lowest BCUT2D eigenvalue weighted by Gasteiger charge is -2.06. The number of benzene rings is 1. The number of hydrogen-bond acceptors (Lipinski definition) is 3. The molecule has 5 nitrogen and oxygen atoms in total. The van der Waals surface area contributed by atoms with E-state index in [-0.39, 0.29) is 11.3 Å². The SMILES string of the molecule is Cc1ccn(Cc2cccc(C(=O)O)c2)c(=O)n1. The van der Waals surface area contributed by atoms with Crippen LogP contribution in [-0.2, 0) is 6.54 Å². The second-order valence-electron chi connectivity index (χ2n) is 3.98. The lowest BCUT2D eigenvalue weighted by atomic mass is 10.1. The van der Waals surface area contributed by atoms with Gasteiger partial charge in [0.2, 0.25) is 0 Å². The molecule has 5 heteroatoms. The van der Waals surface area contributed by atoms with Crippen molar-refractivity contribution in [3.63, 3.8) is 0 Å². The Balaban J connectivity index is 2.31. The van der Waals surface area contributed by atoms with Gasteiger partial charge in [-0.15, -0.1) is 0 Å². The topological polar surface area (TPSA) is 72.2 Å². The van der Waals surface area contributed by atoms with E-state index in [9.17, 15) is 9.59 Å². The van der Waals surface area contributed by atoms with Crippen molar-refractivity contribution in [3.05, 3.63) is 63.8 Å². The van der Waals surface area contributed by atoms with Gasteiger partial charge in [0.15, 0.2) is 0 Å². The molecule has 2 aromatic rings. The zero-order valence-corrected chi connectivity index (χ0v) is 9.83. The molecular formula is C13H12N2O3. The highest BCUT2D eigenvalue weighted by atomic mass is 16.4. The average Bonchev–Trinajstić information content (AvgIpc) is 2.33. The maximum atomic E-state index is 11.6. The van der Waals surface area contributed by atoms with Gasteiger partial charge in [-0.2, -0.15) is 4.98 Å². The van der Waals surface area contributed by atoms with Crippen molar-refractivity contribution in [2.45, 2.75) is 13.5 Å². The predicted molar refractivity (Wildman–Crippen MR) is 65.7 cm³/mol. The second kappa shape index (κ2) is 4.83. The summed E-state index contributed by atoms with van der Waals surface area (Å²) in [5, 5.41) is 8.89. The minimum Gasteiger partial charge on any atom is -0.478 e. The molecule has 0 saturated heterocycles. The molecule has 1 aromatic heterocycles. The summed E-state index contributed by atoms with van der Waals surface area (Å²) in [6.07, 6.45) is 1.65. The zero-order chi connectivity index (χ0) is 13.1. The molecule has 0 aliphatic rings. The minimum absolute atomic E-state index is 0.209. The normalized spacial score (nSPS) is 10.3. The third-order valence-electron chi connectivity index (χ3n) is 2.54. The van der Waals surface area contributed by atoms with Gasteiger partial charge in [-0.25, -0.2) is 9.59 Å². The summed E-state index contributed by atoms with van der Waals surface area (Å²) >= 11 is 0. The van der Waals surface area contributed by atoms with Crippen LogP contribution in [0.25, 0.3) is 0 Å². The first kappa shape index (κ1) is 12.0. The zero-order valence-electron chi connectivity index (χ0n) is 9.83. The van der Waals surface area contributed by atoms with Crippen LogP contribution in [-0.4, -0.2) is 20.6 Å². The third kappa shape index (κ3) is 2.63. The fourth-order valence-electron chi connectivity index (χ4n) is 1.63. The maximum Gasteiger partial charge on any atom is 0.348 e. The molecular weight excluding hydrogens is 232 g/mol. The van der Waals surface area contributed by atoms with E-state index in [1.807, 2.05) is 0 Å². The fourth-order valence-corrected chi connectivity index (χ4v) is 1.63. The van der Waals surface area contributed by atoms with Gasteiger partial charge in [0.25, 0.3) is 0 Å². The first-order valence-corrected chi connectivity index (χ1v) is 5.42. The molecule has 92 valence electrons. The van der Waals surface area contributed by atoms with Crippen LogP contribution < -0.4 is 5.69 Å². The van der Waals surface area contributed by atoms with E-state index in [2.05, 4.69) is 4.98 Å². The molecule has 1 heterocycles. The number of carboxylic acids is 1. The summed E-state index contributed by atoms with van der Waals surface area (Å²) < 4.78 is 1.44. The number of carboxylic acid groups (broad SMARTS) is 1. The van der Waals surface area contributed by atoms with Gasteiger partial charge in [-0.05, 0) is 30.7 Å². The summed E-state index contributed by atoms with van der Waals surface area (Å²) in [5.74, 6) is -0.980. The summed E-state index contributed by atoms with van der Waals surface area (Å²) in [7, 11) is 0. The standard InChI is InChI=1S/C13H12N2O3/c1-9-5-6-15(13(18)14-9)8-10-3-2-4-11(7-10)12(16)17/h2-7H,8H2,1H3,(H,16,17). The molecule has 0 saturated carbocycles. The quantitative estimate of drug-likeness (QED) is 0.883. The Kier molecular flexibility index (Phi) is 3.23. The van der Waals surface area contributed by atoms with Gasteiger partial charge in [0.05, 0.1) is 12.1 Å². The molecule has 0 radical (unpaired) electrons. The lowest BCUT2D eigenvalue weighted by Crippen LogP contribution is -2.23. The molecule has 0 bridgehead atoms. The monoisotopic (exact) mass is 244 g/mol.